The van der Waals surface area contributed by atoms with Gasteiger partial charge in [0.1, 0.15) is 22.5 Å². The second-order valence-corrected chi connectivity index (χ2v) is 9.61. The summed E-state index contributed by atoms with van der Waals surface area (Å²) < 4.78 is 0. The SMILES string of the molecule is Cc1nc(N2CCC(C(=O)N3CCCC3C(=O)O)CC2)c2cc(-c3ccccc3)sc2n1. The third-order valence-corrected chi connectivity index (χ3v) is 7.59. The fourth-order valence-electron chi connectivity index (χ4n) is 4.86. The van der Waals surface area contributed by atoms with Crippen molar-refractivity contribution in [2.24, 2.45) is 5.92 Å². The van der Waals surface area contributed by atoms with Gasteiger partial charge in [-0.2, -0.15) is 0 Å². The van der Waals surface area contributed by atoms with Crippen LogP contribution in [0.3, 0.4) is 0 Å². The minimum atomic E-state index is -0.890. The number of carboxylic acids is 1. The number of anilines is 1. The molecule has 0 aliphatic carbocycles. The highest BCUT2D eigenvalue weighted by Crippen LogP contribution is 2.37. The molecule has 1 N–H and O–H groups in total. The predicted molar refractivity (Wildman–Crippen MR) is 125 cm³/mol. The Morgan fingerprint density at radius 2 is 1.81 bits per heavy atom. The van der Waals surface area contributed by atoms with Crippen molar-refractivity contribution >= 4 is 39.2 Å². The molecular formula is C24H26N4O3S. The van der Waals surface area contributed by atoms with Crippen LogP contribution in [0.15, 0.2) is 36.4 Å². The van der Waals surface area contributed by atoms with Crippen LogP contribution in [-0.2, 0) is 9.59 Å². The van der Waals surface area contributed by atoms with Gasteiger partial charge >= 0.3 is 5.97 Å². The quantitative estimate of drug-likeness (QED) is 0.648. The highest BCUT2D eigenvalue weighted by atomic mass is 32.1. The Bertz CT molecular complexity index is 1150. The van der Waals surface area contributed by atoms with Crippen molar-refractivity contribution in [3.63, 3.8) is 0 Å². The van der Waals surface area contributed by atoms with E-state index in [1.165, 1.54) is 10.4 Å². The Morgan fingerprint density at radius 1 is 1.06 bits per heavy atom. The molecule has 32 heavy (non-hydrogen) atoms. The zero-order valence-electron chi connectivity index (χ0n) is 18.0. The number of nitrogens with zero attached hydrogens (tertiary/aromatic N) is 4. The van der Waals surface area contributed by atoms with Crippen molar-refractivity contribution in [2.75, 3.05) is 24.5 Å². The van der Waals surface area contributed by atoms with Crippen molar-refractivity contribution in [3.8, 4) is 10.4 Å². The summed E-state index contributed by atoms with van der Waals surface area (Å²) in [5.41, 5.74) is 1.17. The summed E-state index contributed by atoms with van der Waals surface area (Å²) in [6.45, 7) is 3.92. The number of hydrogen-bond acceptors (Lipinski definition) is 6. The van der Waals surface area contributed by atoms with E-state index in [0.717, 1.165) is 41.4 Å². The lowest BCUT2D eigenvalue weighted by molar-refractivity contribution is -0.150. The number of likely N-dealkylation sites (tertiary alicyclic amines) is 1. The van der Waals surface area contributed by atoms with Gasteiger partial charge in [-0.1, -0.05) is 30.3 Å². The number of benzene rings is 1. The Morgan fingerprint density at radius 3 is 2.53 bits per heavy atom. The van der Waals surface area contributed by atoms with Crippen LogP contribution in [0.5, 0.6) is 0 Å². The molecule has 0 radical (unpaired) electrons. The van der Waals surface area contributed by atoms with E-state index in [0.29, 0.717) is 25.8 Å². The van der Waals surface area contributed by atoms with Gasteiger partial charge in [-0.15, -0.1) is 11.3 Å². The lowest BCUT2D eigenvalue weighted by Crippen LogP contribution is -2.46. The van der Waals surface area contributed by atoms with Crippen LogP contribution in [0.1, 0.15) is 31.5 Å². The largest absolute Gasteiger partial charge is 0.480 e. The lowest BCUT2D eigenvalue weighted by atomic mass is 9.94. The molecule has 1 atom stereocenters. The third-order valence-electron chi connectivity index (χ3n) is 6.51. The average Bonchev–Trinajstić information content (AvgIpc) is 3.46. The molecule has 0 saturated carbocycles. The first kappa shape index (κ1) is 20.9. The van der Waals surface area contributed by atoms with Gasteiger partial charge in [0.25, 0.3) is 0 Å². The number of hydrogen-bond donors (Lipinski definition) is 1. The maximum Gasteiger partial charge on any atom is 0.326 e. The summed E-state index contributed by atoms with van der Waals surface area (Å²) in [7, 11) is 0. The van der Waals surface area contributed by atoms with Crippen LogP contribution in [0.2, 0.25) is 0 Å². The van der Waals surface area contributed by atoms with Gasteiger partial charge in [0, 0.05) is 30.4 Å². The Balaban J connectivity index is 1.35. The zero-order chi connectivity index (χ0) is 22.2. The molecule has 1 aromatic carbocycles. The first-order chi connectivity index (χ1) is 15.5. The zero-order valence-corrected chi connectivity index (χ0v) is 18.8. The van der Waals surface area contributed by atoms with Gasteiger partial charge in [-0.3, -0.25) is 4.79 Å². The van der Waals surface area contributed by atoms with Crippen LogP contribution in [-0.4, -0.2) is 57.5 Å². The number of piperidine rings is 1. The van der Waals surface area contributed by atoms with Gasteiger partial charge in [0.2, 0.25) is 5.91 Å². The van der Waals surface area contributed by atoms with Crippen molar-refractivity contribution in [3.05, 3.63) is 42.2 Å². The Kier molecular flexibility index (Phi) is 5.55. The topological polar surface area (TPSA) is 86.6 Å². The van der Waals surface area contributed by atoms with Crippen LogP contribution >= 0.6 is 11.3 Å². The molecule has 166 valence electrons. The molecule has 1 unspecified atom stereocenters. The molecule has 2 aromatic heterocycles. The summed E-state index contributed by atoms with van der Waals surface area (Å²) >= 11 is 1.67. The van der Waals surface area contributed by atoms with Crippen molar-refractivity contribution in [1.29, 1.82) is 0 Å². The molecule has 0 spiro atoms. The van der Waals surface area contributed by atoms with E-state index in [1.807, 2.05) is 25.1 Å². The van der Waals surface area contributed by atoms with E-state index in [1.54, 1.807) is 16.2 Å². The number of aliphatic carboxylic acids is 1. The van der Waals surface area contributed by atoms with Crippen LogP contribution in [0.4, 0.5) is 5.82 Å². The van der Waals surface area contributed by atoms with E-state index >= 15 is 0 Å². The summed E-state index contributed by atoms with van der Waals surface area (Å²) in [6.07, 6.45) is 2.74. The molecule has 1 amide bonds. The standard InChI is InChI=1S/C24H26N4O3S/c1-15-25-21(18-14-20(32-22(18)26-15)16-6-3-2-4-7-16)27-12-9-17(10-13-27)23(29)28-11-5-8-19(28)24(30)31/h2-4,6-7,14,17,19H,5,8-13H2,1H3,(H,30,31). The first-order valence-corrected chi connectivity index (χ1v) is 11.9. The van der Waals surface area contributed by atoms with E-state index < -0.39 is 12.0 Å². The molecule has 4 heterocycles. The number of thiophene rings is 1. The molecule has 7 nitrogen and oxygen atoms in total. The molecule has 5 rings (SSSR count). The number of rotatable bonds is 4. The van der Waals surface area contributed by atoms with E-state index in [2.05, 4.69) is 28.1 Å². The first-order valence-electron chi connectivity index (χ1n) is 11.1. The number of carbonyl (C=O) groups is 2. The van der Waals surface area contributed by atoms with Gasteiger partial charge in [0.05, 0.1) is 5.39 Å². The van der Waals surface area contributed by atoms with Crippen LogP contribution < -0.4 is 4.90 Å². The van der Waals surface area contributed by atoms with E-state index in [9.17, 15) is 14.7 Å². The molecule has 2 saturated heterocycles. The second-order valence-electron chi connectivity index (χ2n) is 8.58. The predicted octanol–water partition coefficient (Wildman–Crippen LogP) is 3.96. The molecule has 3 aromatic rings. The van der Waals surface area contributed by atoms with Crippen molar-refractivity contribution in [1.82, 2.24) is 14.9 Å². The van der Waals surface area contributed by atoms with Crippen LogP contribution in [0, 0.1) is 12.8 Å². The fourth-order valence-corrected chi connectivity index (χ4v) is 5.93. The van der Waals surface area contributed by atoms with Gasteiger partial charge < -0.3 is 14.9 Å². The van der Waals surface area contributed by atoms with Crippen LogP contribution in [0.25, 0.3) is 20.7 Å². The highest BCUT2D eigenvalue weighted by Gasteiger charge is 2.38. The van der Waals surface area contributed by atoms with Gasteiger partial charge in [-0.05, 0) is 44.2 Å². The van der Waals surface area contributed by atoms with E-state index in [-0.39, 0.29) is 11.8 Å². The van der Waals surface area contributed by atoms with Crippen molar-refractivity contribution in [2.45, 2.75) is 38.6 Å². The number of carboxylic acid groups (broad SMARTS) is 1. The molecule has 2 aliphatic rings. The lowest BCUT2D eigenvalue weighted by Gasteiger charge is -2.35. The maximum absolute atomic E-state index is 13.0. The maximum atomic E-state index is 13.0. The van der Waals surface area contributed by atoms with Gasteiger partial charge in [-0.25, -0.2) is 14.8 Å². The molecule has 2 fully saturated rings. The Hall–Kier alpha value is -3.00. The minimum absolute atomic E-state index is 0.000428. The monoisotopic (exact) mass is 450 g/mol. The highest BCUT2D eigenvalue weighted by molar-refractivity contribution is 7.21. The minimum Gasteiger partial charge on any atom is -0.480 e. The second kappa shape index (κ2) is 8.50. The normalized spacial score (nSPS) is 19.6. The average molecular weight is 451 g/mol. The molecule has 8 heteroatoms. The molecule has 0 bridgehead atoms. The molecule has 2 aliphatic heterocycles. The summed E-state index contributed by atoms with van der Waals surface area (Å²) in [5, 5.41) is 10.5. The molecular weight excluding hydrogens is 424 g/mol. The number of carbonyl (C=O) groups excluding carboxylic acids is 1. The number of aromatic nitrogens is 2. The summed E-state index contributed by atoms with van der Waals surface area (Å²) in [4.78, 5) is 39.9. The third kappa shape index (κ3) is 3.83. The van der Waals surface area contributed by atoms with E-state index in [4.69, 9.17) is 4.98 Å². The number of fused-ring (bicyclic) bond motifs is 1. The number of aryl methyl sites for hydroxylation is 1. The summed E-state index contributed by atoms with van der Waals surface area (Å²) in [6, 6.07) is 11.8. The number of amides is 1. The Labute approximate surface area is 190 Å². The fraction of sp³-hybridized carbons (Fsp3) is 0.417. The van der Waals surface area contributed by atoms with Crippen molar-refractivity contribution < 1.29 is 14.7 Å². The summed E-state index contributed by atoms with van der Waals surface area (Å²) in [5.74, 6) is 0.668. The van der Waals surface area contributed by atoms with Gasteiger partial charge in [0.15, 0.2) is 0 Å². The smallest absolute Gasteiger partial charge is 0.326 e.